The first kappa shape index (κ1) is 53.4. The Morgan fingerprint density at radius 2 is 0.630 bits per heavy atom. The first-order valence-corrected chi connectivity index (χ1v) is 33.4. The Morgan fingerprint density at radius 3 is 1.02 bits per heavy atom. The van der Waals surface area contributed by atoms with Crippen molar-refractivity contribution in [3.05, 3.63) is 0 Å². The number of hydrogen-bond donors (Lipinski definition) is 8. The van der Waals surface area contributed by atoms with E-state index in [4.69, 9.17) is 37.9 Å². The quantitative estimate of drug-likeness (QED) is 0.144. The third-order valence-corrected chi connectivity index (χ3v) is 28.8. The molecule has 21 rings (SSSR count). The van der Waals surface area contributed by atoms with Crippen LogP contribution < -0.4 is 0 Å². The fraction of sp³-hybridized carbons (Fsp3) is 1.00. The second kappa shape index (κ2) is 16.6. The zero-order valence-electron chi connectivity index (χ0n) is 48.8. The molecule has 21 fully saturated rings. The first-order valence-electron chi connectivity index (χ1n) is 33.4. The molecule has 452 valence electrons. The van der Waals surface area contributed by atoms with Crippen LogP contribution >= 0.6 is 0 Å². The highest BCUT2D eigenvalue weighted by Gasteiger charge is 2.76. The molecule has 5 saturated heterocycles. The molecule has 0 radical (unpaired) electrons. The maximum absolute atomic E-state index is 13.3. The van der Waals surface area contributed by atoms with Crippen molar-refractivity contribution >= 4 is 0 Å². The summed E-state index contributed by atoms with van der Waals surface area (Å²) in [7, 11) is 0. The molecule has 16 saturated carbocycles. The van der Waals surface area contributed by atoms with Crippen LogP contribution in [0.25, 0.3) is 0 Å². The minimum Gasteiger partial charge on any atom is -0.365 e. The minimum absolute atomic E-state index is 0.0433. The number of aliphatic hydroxyl groups is 8. The second-order valence-corrected chi connectivity index (χ2v) is 34.3. The summed E-state index contributed by atoms with van der Waals surface area (Å²) in [6.07, 6.45) is 8.70. The molecule has 22 bridgehead atoms. The summed E-state index contributed by atoms with van der Waals surface area (Å²) in [4.78, 5) is 0. The van der Waals surface area contributed by atoms with E-state index in [0.29, 0.717) is 89.9 Å². The number of hydrogen-bond acceptors (Lipinski definition) is 16. The number of fused-ring (bicyclic) bond motifs is 6. The van der Waals surface area contributed by atoms with Crippen LogP contribution in [0.5, 0.6) is 0 Å². The van der Waals surface area contributed by atoms with Crippen LogP contribution in [-0.2, 0) is 37.9 Å². The van der Waals surface area contributed by atoms with Gasteiger partial charge in [-0.25, -0.2) is 0 Å². The predicted octanol–water partition coefficient (Wildman–Crippen LogP) is 6.29. The van der Waals surface area contributed by atoms with Gasteiger partial charge >= 0.3 is 0 Å². The van der Waals surface area contributed by atoms with Crippen molar-refractivity contribution in [2.75, 3.05) is 0 Å². The maximum Gasteiger partial charge on any atom is 0.171 e. The van der Waals surface area contributed by atoms with Crippen LogP contribution in [0.1, 0.15) is 170 Å². The second-order valence-electron chi connectivity index (χ2n) is 34.3. The van der Waals surface area contributed by atoms with Crippen LogP contribution in [0.3, 0.4) is 0 Å². The molecule has 0 spiro atoms. The van der Waals surface area contributed by atoms with Crippen molar-refractivity contribution in [3.8, 4) is 0 Å². The van der Waals surface area contributed by atoms with Gasteiger partial charge in [0.2, 0.25) is 0 Å². The van der Waals surface area contributed by atoms with Crippen molar-refractivity contribution < 1.29 is 78.7 Å². The van der Waals surface area contributed by atoms with Gasteiger partial charge in [-0.15, -0.1) is 0 Å². The summed E-state index contributed by atoms with van der Waals surface area (Å²) in [5.41, 5.74) is -0.198. The Balaban J connectivity index is 0.683. The van der Waals surface area contributed by atoms with E-state index in [1.165, 1.54) is 0 Å². The highest BCUT2D eigenvalue weighted by Crippen LogP contribution is 2.72. The smallest absolute Gasteiger partial charge is 0.171 e. The monoisotopic (exact) mass is 1130 g/mol. The molecule has 8 N–H and O–H groups in total. The minimum atomic E-state index is -1.54. The molecule has 37 atom stereocenters. The van der Waals surface area contributed by atoms with Crippen LogP contribution in [-0.4, -0.2) is 136 Å². The van der Waals surface area contributed by atoms with E-state index in [1.54, 1.807) is 0 Å². The molecule has 0 aromatic carbocycles. The summed E-state index contributed by atoms with van der Waals surface area (Å²) >= 11 is 0. The van der Waals surface area contributed by atoms with Crippen LogP contribution in [0, 0.1) is 136 Å². The SMILES string of the molecule is CC(C)C1C2CC3C1OC1(O)CC4CC(OC5(O)CC6CC5C5OC7(O)CC8CC7C(OC7(O)CC9CC7C(OC7(O)CC%10CC(OC%11(O)CC%12CC(OC%13(O)CC%14CC(OC3(O)C2)C%13C%14)C%11C%12)C7C%10)C9C(C)(C)C)C8[C@H](C)[C@@H]65)C1C4. The zero-order valence-corrected chi connectivity index (χ0v) is 48.8. The van der Waals surface area contributed by atoms with E-state index >= 15 is 0 Å². The molecule has 0 amide bonds. The topological polar surface area (TPSA) is 236 Å². The normalized spacial score (nSPS) is 67.4. The standard InChI is InChI=1S/C65H96O16/c1-27(2)49-33-15-41-53(49)78-60(68)21-31-9-39(60)48(14-31)77-63(71)24-34-16-42(63)54-50(34)28(3)51-35-17-43(64(72,25-35)79-54)55(51)80-65(73)26-36-18-44(65)56(52(36)57(4,5)6)81-61(69)22-32-10-40(61)47(13-32)75-58(66)19-29-7-37(58)45(11-29)74-59(67)20-30-8-38(59)46(12-30)76-62(41,70)23-33/h27-56,66-73H,7-26H2,1-6H3/t28-,29?,30?,31?,32?,33?,34?,35?,36?,37?,38?,39?,40?,41?,42?,43?,44?,45?,46?,47?,48?,49?,50+,51?,52?,53?,54?,55?,56?,58?,59?,60?,61?,62?,63?,64?,65?/m1/s1. The molecular formula is C65H96O16. The fourth-order valence-electron chi connectivity index (χ4n) is 26.6. The summed E-state index contributed by atoms with van der Waals surface area (Å²) in [5, 5.41) is 104. The third kappa shape index (κ3) is 7.17. The molecule has 16 nitrogen and oxygen atoms in total. The van der Waals surface area contributed by atoms with E-state index in [1.807, 2.05) is 0 Å². The van der Waals surface area contributed by atoms with Crippen LogP contribution in [0.4, 0.5) is 0 Å². The fourth-order valence-corrected chi connectivity index (χ4v) is 26.6. The van der Waals surface area contributed by atoms with Gasteiger partial charge in [-0.3, -0.25) is 0 Å². The molecule has 35 unspecified atom stereocenters. The Labute approximate surface area is 477 Å². The third-order valence-electron chi connectivity index (χ3n) is 28.8. The Kier molecular flexibility index (Phi) is 10.9. The van der Waals surface area contributed by atoms with Crippen molar-refractivity contribution in [1.82, 2.24) is 0 Å². The summed E-state index contributed by atoms with van der Waals surface area (Å²) in [5.74, 6) is -13.5. The van der Waals surface area contributed by atoms with Crippen molar-refractivity contribution in [2.24, 2.45) is 136 Å². The molecular weight excluding hydrogens is 1040 g/mol. The van der Waals surface area contributed by atoms with E-state index in [9.17, 15) is 40.9 Å². The van der Waals surface area contributed by atoms with E-state index in [-0.39, 0.29) is 130 Å². The molecule has 21 aliphatic rings. The zero-order chi connectivity index (χ0) is 55.6. The first-order chi connectivity index (χ1) is 38.2. The van der Waals surface area contributed by atoms with Gasteiger partial charge in [0.1, 0.15) is 0 Å². The van der Waals surface area contributed by atoms with E-state index in [2.05, 4.69) is 41.5 Å². The molecule has 5 aliphatic heterocycles. The number of rotatable bonds is 1. The van der Waals surface area contributed by atoms with Crippen LogP contribution in [0.15, 0.2) is 0 Å². The van der Waals surface area contributed by atoms with Gasteiger partial charge in [-0.05, 0) is 165 Å². The van der Waals surface area contributed by atoms with Gasteiger partial charge in [0.25, 0.3) is 0 Å². The van der Waals surface area contributed by atoms with Crippen molar-refractivity contribution in [1.29, 1.82) is 0 Å². The van der Waals surface area contributed by atoms with Gasteiger partial charge in [0, 0.05) is 98.7 Å². The van der Waals surface area contributed by atoms with Gasteiger partial charge < -0.3 is 78.7 Å². The molecule has 5 heterocycles. The molecule has 16 heteroatoms. The Bertz CT molecular complexity index is 2600. The average molecular weight is 1130 g/mol. The Hall–Kier alpha value is -0.640. The predicted molar refractivity (Wildman–Crippen MR) is 284 cm³/mol. The van der Waals surface area contributed by atoms with Crippen molar-refractivity contribution in [3.63, 3.8) is 0 Å². The highest BCUT2D eigenvalue weighted by atomic mass is 16.7. The van der Waals surface area contributed by atoms with Crippen molar-refractivity contribution in [2.45, 2.75) is 265 Å². The van der Waals surface area contributed by atoms with E-state index in [0.717, 1.165) is 38.5 Å². The number of ether oxygens (including phenoxy) is 8. The lowest BCUT2D eigenvalue weighted by atomic mass is 9.64. The largest absolute Gasteiger partial charge is 0.365 e. The van der Waals surface area contributed by atoms with Gasteiger partial charge in [0.05, 0.1) is 48.8 Å². The summed E-state index contributed by atoms with van der Waals surface area (Å²) in [6, 6.07) is 0. The Morgan fingerprint density at radius 1 is 0.333 bits per heavy atom. The average Bonchev–Trinajstić information content (AvgIpc) is 3.00. The van der Waals surface area contributed by atoms with Gasteiger partial charge in [0.15, 0.2) is 46.3 Å². The summed E-state index contributed by atoms with van der Waals surface area (Å²) < 4.78 is 57.1. The lowest BCUT2D eigenvalue weighted by Gasteiger charge is -2.56. The lowest BCUT2D eigenvalue weighted by Crippen LogP contribution is -2.63. The molecule has 0 aromatic heterocycles. The molecule has 0 aromatic rings. The van der Waals surface area contributed by atoms with Crippen LogP contribution in [0.2, 0.25) is 0 Å². The highest BCUT2D eigenvalue weighted by molar-refractivity contribution is 5.20. The summed E-state index contributed by atoms with van der Waals surface area (Å²) in [6.45, 7) is 13.5. The molecule has 16 aliphatic carbocycles. The molecule has 81 heavy (non-hydrogen) atoms. The van der Waals surface area contributed by atoms with Gasteiger partial charge in [-0.2, -0.15) is 0 Å². The van der Waals surface area contributed by atoms with Gasteiger partial charge in [-0.1, -0.05) is 41.5 Å². The van der Waals surface area contributed by atoms with E-state index < -0.39 is 101 Å². The lowest BCUT2D eigenvalue weighted by molar-refractivity contribution is -0.377. The maximum atomic E-state index is 13.3.